The quantitative estimate of drug-likeness (QED) is 0.248. The second kappa shape index (κ2) is 16.2. The fourth-order valence-electron chi connectivity index (χ4n) is 3.73. The van der Waals surface area contributed by atoms with E-state index in [0.29, 0.717) is 43.5 Å². The lowest BCUT2D eigenvalue weighted by Gasteiger charge is -2.29. The Kier molecular flexibility index (Phi) is 14.5. The van der Waals surface area contributed by atoms with Gasteiger partial charge in [-0.05, 0) is 48.8 Å². The molecule has 1 amide bonds. The first-order chi connectivity index (χ1) is 16.2. The summed E-state index contributed by atoms with van der Waals surface area (Å²) >= 11 is 6.11. The lowest BCUT2D eigenvalue weighted by molar-refractivity contribution is -0.138. The number of benzene rings is 1. The third-order valence-electron chi connectivity index (χ3n) is 6.01. The molecule has 0 fully saturated rings. The number of hydrogen-bond acceptors (Lipinski definition) is 7. The van der Waals surface area contributed by atoms with Crippen LogP contribution in [0.3, 0.4) is 0 Å². The molecule has 0 saturated heterocycles. The molecule has 1 rings (SSSR count). The normalized spacial score (nSPS) is 15.0. The van der Waals surface area contributed by atoms with Crippen LogP contribution >= 0.6 is 11.8 Å². The van der Waals surface area contributed by atoms with E-state index in [-0.39, 0.29) is 18.4 Å². The molecule has 1 aromatic carbocycles. The molecule has 0 aliphatic heterocycles. The largest absolute Gasteiger partial charge is 0.493 e. The molecule has 0 heterocycles. The summed E-state index contributed by atoms with van der Waals surface area (Å²) in [4.78, 5) is 12.3. The van der Waals surface area contributed by atoms with Gasteiger partial charge in [0.15, 0.2) is 11.5 Å². The van der Waals surface area contributed by atoms with E-state index in [2.05, 4.69) is 13.8 Å². The van der Waals surface area contributed by atoms with Crippen LogP contribution in [0.4, 0.5) is 0 Å². The Morgan fingerprint density at radius 3 is 2.44 bits per heavy atom. The maximum absolute atomic E-state index is 12.3. The van der Waals surface area contributed by atoms with Gasteiger partial charge >= 0.3 is 0 Å². The van der Waals surface area contributed by atoms with Gasteiger partial charge in [0.25, 0.3) is 5.91 Å². The van der Waals surface area contributed by atoms with Crippen molar-refractivity contribution in [3.63, 3.8) is 0 Å². The van der Waals surface area contributed by atoms with Gasteiger partial charge in [-0.3, -0.25) is 4.79 Å². The summed E-state index contributed by atoms with van der Waals surface area (Å²) in [6, 6.07) is 5.39. The van der Waals surface area contributed by atoms with Crippen molar-refractivity contribution in [3.8, 4) is 11.5 Å². The van der Waals surface area contributed by atoms with E-state index in [1.165, 1.54) is 7.11 Å². The van der Waals surface area contributed by atoms with Gasteiger partial charge < -0.3 is 29.8 Å². The summed E-state index contributed by atoms with van der Waals surface area (Å²) in [6.07, 6.45) is 1.04. The molecule has 9 heteroatoms. The predicted molar refractivity (Wildman–Crippen MR) is 134 cm³/mol. The van der Waals surface area contributed by atoms with E-state index < -0.39 is 18.2 Å². The topological polar surface area (TPSA) is 103 Å². The highest BCUT2D eigenvalue weighted by Gasteiger charge is 2.28. The van der Waals surface area contributed by atoms with Crippen molar-refractivity contribution in [3.05, 3.63) is 23.8 Å². The van der Waals surface area contributed by atoms with E-state index >= 15 is 0 Å². The number of amides is 1. The number of rotatable bonds is 17. The Labute approximate surface area is 209 Å². The van der Waals surface area contributed by atoms with E-state index in [9.17, 15) is 9.90 Å². The molecule has 0 aromatic heterocycles. The molecule has 1 aromatic rings. The van der Waals surface area contributed by atoms with Crippen molar-refractivity contribution in [1.29, 1.82) is 0 Å². The molecule has 0 bridgehead atoms. The second-order valence-electron chi connectivity index (χ2n) is 8.87. The van der Waals surface area contributed by atoms with Crippen molar-refractivity contribution in [1.82, 2.24) is 4.42 Å². The van der Waals surface area contributed by atoms with Crippen molar-refractivity contribution < 1.29 is 28.8 Å². The lowest BCUT2D eigenvalue weighted by Crippen LogP contribution is -2.46. The van der Waals surface area contributed by atoms with Gasteiger partial charge in [0.05, 0.1) is 26.4 Å². The van der Waals surface area contributed by atoms with Crippen LogP contribution in [-0.4, -0.2) is 74.8 Å². The Morgan fingerprint density at radius 1 is 1.18 bits per heavy atom. The smallest absolute Gasteiger partial charge is 0.266 e. The summed E-state index contributed by atoms with van der Waals surface area (Å²) in [7, 11) is 4.75. The van der Waals surface area contributed by atoms with Crippen LogP contribution in [0.2, 0.25) is 0 Å². The summed E-state index contributed by atoms with van der Waals surface area (Å²) in [5.74, 6) is 1.54. The fourth-order valence-corrected chi connectivity index (χ4v) is 3.99. The number of halogens is 1. The molecular weight excluding hydrogens is 460 g/mol. The lowest BCUT2D eigenvalue weighted by atomic mass is 9.83. The molecule has 196 valence electrons. The first-order valence-electron chi connectivity index (χ1n) is 11.9. The molecule has 34 heavy (non-hydrogen) atoms. The number of aliphatic hydroxyl groups is 1. The maximum atomic E-state index is 12.3. The van der Waals surface area contributed by atoms with Crippen LogP contribution in [0, 0.1) is 11.8 Å². The monoisotopic (exact) mass is 502 g/mol. The van der Waals surface area contributed by atoms with Crippen LogP contribution in [0.5, 0.6) is 11.5 Å². The molecule has 0 aliphatic rings. The predicted octanol–water partition coefficient (Wildman–Crippen LogP) is 3.41. The van der Waals surface area contributed by atoms with Gasteiger partial charge in [-0.15, -0.1) is 0 Å². The van der Waals surface area contributed by atoms with Crippen LogP contribution < -0.4 is 15.2 Å². The number of nitrogens with zero attached hydrogens (tertiary/aromatic N) is 1. The van der Waals surface area contributed by atoms with Gasteiger partial charge in [0, 0.05) is 45.1 Å². The molecule has 0 unspecified atom stereocenters. The minimum atomic E-state index is -0.951. The first-order valence-corrected chi connectivity index (χ1v) is 12.2. The molecular formula is C25H43ClN2O6. The number of nitrogens with two attached hydrogens (primary N) is 1. The van der Waals surface area contributed by atoms with E-state index in [4.69, 9.17) is 36.5 Å². The molecule has 0 saturated carbocycles. The summed E-state index contributed by atoms with van der Waals surface area (Å²) in [5.41, 5.74) is 7.43. The van der Waals surface area contributed by atoms with Gasteiger partial charge in [-0.2, -0.15) is 0 Å². The highest BCUT2D eigenvalue weighted by Crippen LogP contribution is 2.31. The molecule has 3 N–H and O–H groups in total. The number of hydrogen-bond donors (Lipinski definition) is 2. The number of carbonyl (C=O) groups excluding carboxylic acids is 1. The highest BCUT2D eigenvalue weighted by atomic mass is 35.5. The number of ether oxygens (including phenoxy) is 4. The van der Waals surface area contributed by atoms with E-state index in [1.807, 2.05) is 25.1 Å². The molecule has 0 radical (unpaired) electrons. The zero-order chi connectivity index (χ0) is 25.7. The van der Waals surface area contributed by atoms with Gasteiger partial charge in [-0.25, -0.2) is 4.42 Å². The average Bonchev–Trinajstić information content (AvgIpc) is 2.81. The van der Waals surface area contributed by atoms with E-state index in [0.717, 1.165) is 22.8 Å². The van der Waals surface area contributed by atoms with Gasteiger partial charge in [0.1, 0.15) is 6.10 Å². The minimum absolute atomic E-state index is 0.0613. The summed E-state index contributed by atoms with van der Waals surface area (Å²) in [6.45, 7) is 7.21. The highest BCUT2D eigenvalue weighted by molar-refractivity contribution is 6.21. The third-order valence-corrected chi connectivity index (χ3v) is 6.31. The SMILES string of the molecule is CC[C@@H](OC)C(=O)N(Cl)C[C@H](O)[C@@H](N)C[C@H](Cc1ccc(OC)c(OCCCOC)c1)C(C)C. The van der Waals surface area contributed by atoms with Gasteiger partial charge in [-0.1, -0.05) is 26.8 Å². The van der Waals surface area contributed by atoms with Crippen molar-refractivity contribution in [2.24, 2.45) is 17.6 Å². The van der Waals surface area contributed by atoms with Crippen molar-refractivity contribution in [2.75, 3.05) is 41.1 Å². The number of aliphatic hydroxyl groups excluding tert-OH is 1. The molecule has 0 aliphatic carbocycles. The average molecular weight is 503 g/mol. The summed E-state index contributed by atoms with van der Waals surface area (Å²) < 4.78 is 22.5. The van der Waals surface area contributed by atoms with Crippen molar-refractivity contribution >= 4 is 17.7 Å². The van der Waals surface area contributed by atoms with E-state index in [1.54, 1.807) is 14.2 Å². The zero-order valence-electron chi connectivity index (χ0n) is 21.5. The second-order valence-corrected chi connectivity index (χ2v) is 9.28. The Morgan fingerprint density at radius 2 is 1.88 bits per heavy atom. The molecule has 0 spiro atoms. The van der Waals surface area contributed by atoms with Crippen LogP contribution in [0.25, 0.3) is 0 Å². The Hall–Kier alpha value is -1.58. The zero-order valence-corrected chi connectivity index (χ0v) is 22.2. The Bertz CT molecular complexity index is 717. The minimum Gasteiger partial charge on any atom is -0.493 e. The third kappa shape index (κ3) is 9.96. The van der Waals surface area contributed by atoms with Crippen molar-refractivity contribution in [2.45, 2.75) is 64.7 Å². The van der Waals surface area contributed by atoms with Crippen LogP contribution in [0.1, 0.15) is 45.6 Å². The van der Waals surface area contributed by atoms with Gasteiger partial charge in [0.2, 0.25) is 0 Å². The van der Waals surface area contributed by atoms with Crippen LogP contribution in [-0.2, 0) is 20.7 Å². The fraction of sp³-hybridized carbons (Fsp3) is 0.720. The van der Waals surface area contributed by atoms with Crippen LogP contribution in [0.15, 0.2) is 18.2 Å². The maximum Gasteiger partial charge on any atom is 0.266 e. The first kappa shape index (κ1) is 30.5. The molecule has 8 nitrogen and oxygen atoms in total. The Balaban J connectivity index is 2.80. The summed E-state index contributed by atoms with van der Waals surface area (Å²) in [5, 5.41) is 10.6. The standard InChI is InChI=1S/C25H43ClN2O6/c1-7-22(32-5)25(30)28(26)16-21(29)20(27)15-19(17(2)3)13-18-9-10-23(33-6)24(14-18)34-12-8-11-31-4/h9-10,14,17,19-22,29H,7-8,11-13,15-16,27H2,1-6H3/t19-,20-,21-,22+/m0/s1. The number of methoxy groups -OCH3 is 3. The number of carbonyl (C=O) groups is 1. The molecule has 4 atom stereocenters.